The number of carbonyl (C=O) groups excluding carboxylic acids is 3. The number of nitrogens with one attached hydrogen (secondary N) is 2. The summed E-state index contributed by atoms with van der Waals surface area (Å²) in [5.74, 6) is -0.839. The van der Waals surface area contributed by atoms with Gasteiger partial charge < -0.3 is 15.0 Å². The number of hydrogen-bond donors (Lipinski definition) is 2. The zero-order valence-corrected chi connectivity index (χ0v) is 14.7. The van der Waals surface area contributed by atoms with Gasteiger partial charge in [0.25, 0.3) is 0 Å². The van der Waals surface area contributed by atoms with Crippen LogP contribution in [-0.2, 0) is 20.9 Å². The number of anilines is 1. The molecule has 2 saturated heterocycles. The highest BCUT2D eigenvalue weighted by molar-refractivity contribution is 6.06. The van der Waals surface area contributed by atoms with Crippen molar-refractivity contribution >= 4 is 23.6 Å². The summed E-state index contributed by atoms with van der Waals surface area (Å²) in [5.41, 5.74) is 1.39. The molecule has 1 aromatic rings. The molecule has 0 unspecified atom stereocenters. The Morgan fingerprint density at radius 2 is 1.72 bits per heavy atom. The van der Waals surface area contributed by atoms with E-state index in [0.29, 0.717) is 19.6 Å². The minimum absolute atomic E-state index is 0.171. The summed E-state index contributed by atoms with van der Waals surface area (Å²) in [6, 6.07) is 7.72. The van der Waals surface area contributed by atoms with Crippen LogP contribution >= 0.6 is 0 Å². The average molecular weight is 345 g/mol. The van der Waals surface area contributed by atoms with Crippen LogP contribution in [0.15, 0.2) is 24.3 Å². The molecule has 2 fully saturated rings. The summed E-state index contributed by atoms with van der Waals surface area (Å²) in [7, 11) is 0. The van der Waals surface area contributed by atoms with Crippen LogP contribution in [-0.4, -0.2) is 36.6 Å². The lowest BCUT2D eigenvalue weighted by atomic mass is 10.00. The van der Waals surface area contributed by atoms with E-state index in [2.05, 4.69) is 15.5 Å². The van der Waals surface area contributed by atoms with Gasteiger partial charge in [0.15, 0.2) is 0 Å². The maximum atomic E-state index is 11.7. The summed E-state index contributed by atoms with van der Waals surface area (Å²) >= 11 is 0. The molecule has 0 radical (unpaired) electrons. The summed E-state index contributed by atoms with van der Waals surface area (Å²) in [5, 5.41) is 5.10. The highest BCUT2D eigenvalue weighted by atomic mass is 16.6. The second-order valence-corrected chi connectivity index (χ2v) is 7.49. The number of imide groups is 1. The number of ether oxygens (including phenoxy) is 1. The van der Waals surface area contributed by atoms with E-state index < -0.39 is 11.7 Å². The first-order valence-electron chi connectivity index (χ1n) is 8.38. The van der Waals surface area contributed by atoms with Crippen molar-refractivity contribution in [2.75, 3.05) is 18.0 Å². The molecule has 3 amide bonds. The van der Waals surface area contributed by atoms with Gasteiger partial charge in [0.05, 0.1) is 11.8 Å². The van der Waals surface area contributed by atoms with E-state index in [4.69, 9.17) is 4.74 Å². The maximum absolute atomic E-state index is 11.7. The summed E-state index contributed by atoms with van der Waals surface area (Å²) in [4.78, 5) is 37.2. The molecule has 134 valence electrons. The van der Waals surface area contributed by atoms with Gasteiger partial charge in [-0.05, 0) is 38.5 Å². The number of amides is 3. The molecule has 2 N–H and O–H groups in total. The van der Waals surface area contributed by atoms with Crippen molar-refractivity contribution in [3.63, 3.8) is 0 Å². The minimum atomic E-state index is -0.522. The Labute approximate surface area is 146 Å². The normalized spacial score (nSPS) is 22.6. The number of alkyl carbamates (subject to hydrolysis) is 1. The predicted octanol–water partition coefficient (Wildman–Crippen LogP) is 1.42. The Morgan fingerprint density at radius 3 is 2.24 bits per heavy atom. The van der Waals surface area contributed by atoms with E-state index in [1.54, 1.807) is 0 Å². The molecule has 2 aliphatic rings. The molecule has 3 rings (SSSR count). The molecule has 2 aliphatic heterocycles. The number of carbonyl (C=O) groups is 3. The van der Waals surface area contributed by atoms with Crippen molar-refractivity contribution in [1.82, 2.24) is 10.6 Å². The van der Waals surface area contributed by atoms with Crippen molar-refractivity contribution < 1.29 is 19.1 Å². The zero-order valence-electron chi connectivity index (χ0n) is 14.7. The van der Waals surface area contributed by atoms with Gasteiger partial charge in [-0.2, -0.15) is 0 Å². The van der Waals surface area contributed by atoms with Crippen LogP contribution in [0.3, 0.4) is 0 Å². The van der Waals surface area contributed by atoms with Gasteiger partial charge in [-0.15, -0.1) is 0 Å². The lowest BCUT2D eigenvalue weighted by Gasteiger charge is -2.20. The van der Waals surface area contributed by atoms with E-state index in [-0.39, 0.29) is 23.7 Å². The van der Waals surface area contributed by atoms with E-state index in [9.17, 15) is 14.4 Å². The van der Waals surface area contributed by atoms with Gasteiger partial charge >= 0.3 is 6.09 Å². The first-order chi connectivity index (χ1) is 11.7. The third-order valence-corrected chi connectivity index (χ3v) is 4.38. The Balaban J connectivity index is 1.56. The monoisotopic (exact) mass is 345 g/mol. The minimum Gasteiger partial charge on any atom is -0.444 e. The van der Waals surface area contributed by atoms with Gasteiger partial charge in [0.1, 0.15) is 5.60 Å². The molecule has 0 bridgehead atoms. The molecule has 25 heavy (non-hydrogen) atoms. The standard InChI is InChI=1S/C18H23N3O4/c1-18(2,3)25-17(24)19-8-11-4-6-12(7-5-11)21-9-13-14(10-21)16(23)20-15(13)22/h4-7,13-14H,8-10H2,1-3H3,(H,19,24)(H,20,22,23)/t13-,14+. The van der Waals surface area contributed by atoms with Crippen LogP contribution in [0.25, 0.3) is 0 Å². The third-order valence-electron chi connectivity index (χ3n) is 4.38. The van der Waals surface area contributed by atoms with Gasteiger partial charge in [0, 0.05) is 25.3 Å². The van der Waals surface area contributed by atoms with Crippen LogP contribution in [0.5, 0.6) is 0 Å². The lowest BCUT2D eigenvalue weighted by Crippen LogP contribution is -2.32. The summed E-state index contributed by atoms with van der Waals surface area (Å²) in [6.07, 6.45) is -0.450. The fourth-order valence-corrected chi connectivity index (χ4v) is 3.17. The molecule has 7 heteroatoms. The van der Waals surface area contributed by atoms with E-state index in [1.165, 1.54) is 0 Å². The van der Waals surface area contributed by atoms with Gasteiger partial charge in [-0.1, -0.05) is 12.1 Å². The average Bonchev–Trinajstić information content (AvgIpc) is 3.06. The molecule has 0 saturated carbocycles. The molecule has 7 nitrogen and oxygen atoms in total. The van der Waals surface area contributed by atoms with Gasteiger partial charge in [-0.25, -0.2) is 4.79 Å². The fraction of sp³-hybridized carbons (Fsp3) is 0.500. The highest BCUT2D eigenvalue weighted by Gasteiger charge is 2.47. The van der Waals surface area contributed by atoms with Crippen molar-refractivity contribution in [2.45, 2.75) is 32.9 Å². The SMILES string of the molecule is CC(C)(C)OC(=O)NCc1ccc(N2C[C@@H]3C(=O)NC(=O)[C@@H]3C2)cc1. The molecular weight excluding hydrogens is 322 g/mol. The summed E-state index contributed by atoms with van der Waals surface area (Å²) in [6.45, 7) is 6.93. The largest absolute Gasteiger partial charge is 0.444 e. The maximum Gasteiger partial charge on any atom is 0.407 e. The van der Waals surface area contributed by atoms with Crippen LogP contribution < -0.4 is 15.5 Å². The third kappa shape index (κ3) is 3.92. The quantitative estimate of drug-likeness (QED) is 0.809. The molecular formula is C18H23N3O4. The summed E-state index contributed by atoms with van der Waals surface area (Å²) < 4.78 is 5.20. The Bertz CT molecular complexity index is 671. The number of hydrogen-bond acceptors (Lipinski definition) is 5. The molecule has 0 aliphatic carbocycles. The van der Waals surface area contributed by atoms with E-state index in [0.717, 1.165) is 11.3 Å². The van der Waals surface area contributed by atoms with Gasteiger partial charge in [0.2, 0.25) is 11.8 Å². The Kier molecular flexibility index (Phi) is 4.41. The number of nitrogens with zero attached hydrogens (tertiary/aromatic N) is 1. The number of benzene rings is 1. The molecule has 0 spiro atoms. The van der Waals surface area contributed by atoms with Crippen molar-refractivity contribution in [1.29, 1.82) is 0 Å². The second kappa shape index (κ2) is 6.38. The lowest BCUT2D eigenvalue weighted by molar-refractivity contribution is -0.126. The topological polar surface area (TPSA) is 87.7 Å². The van der Waals surface area contributed by atoms with E-state index >= 15 is 0 Å². The first kappa shape index (κ1) is 17.3. The van der Waals surface area contributed by atoms with Crippen LogP contribution in [0.2, 0.25) is 0 Å². The van der Waals surface area contributed by atoms with Crippen LogP contribution in [0.1, 0.15) is 26.3 Å². The fourth-order valence-electron chi connectivity index (χ4n) is 3.17. The van der Waals surface area contributed by atoms with Crippen molar-refractivity contribution in [3.8, 4) is 0 Å². The number of fused-ring (bicyclic) bond motifs is 1. The Morgan fingerprint density at radius 1 is 1.16 bits per heavy atom. The predicted molar refractivity (Wildman–Crippen MR) is 91.9 cm³/mol. The van der Waals surface area contributed by atoms with Crippen LogP contribution in [0.4, 0.5) is 10.5 Å². The molecule has 1 aromatic carbocycles. The van der Waals surface area contributed by atoms with Crippen LogP contribution in [0, 0.1) is 11.8 Å². The zero-order chi connectivity index (χ0) is 18.2. The molecule has 2 heterocycles. The van der Waals surface area contributed by atoms with Gasteiger partial charge in [-0.3, -0.25) is 14.9 Å². The molecule has 0 aromatic heterocycles. The van der Waals surface area contributed by atoms with E-state index in [1.807, 2.05) is 45.0 Å². The molecule has 2 atom stereocenters. The first-order valence-corrected chi connectivity index (χ1v) is 8.38. The van der Waals surface area contributed by atoms with Crippen molar-refractivity contribution in [2.24, 2.45) is 11.8 Å². The highest BCUT2D eigenvalue weighted by Crippen LogP contribution is 2.31. The van der Waals surface area contributed by atoms with Crippen molar-refractivity contribution in [3.05, 3.63) is 29.8 Å². The second-order valence-electron chi connectivity index (χ2n) is 7.49. The Hall–Kier alpha value is -2.57. The number of rotatable bonds is 3. The smallest absolute Gasteiger partial charge is 0.407 e.